The van der Waals surface area contributed by atoms with Gasteiger partial charge in [0.25, 0.3) is 5.56 Å². The molecule has 2 aromatic rings. The van der Waals surface area contributed by atoms with E-state index in [-0.39, 0.29) is 17.0 Å². The molecule has 6 N–H and O–H groups in total. The van der Waals surface area contributed by atoms with Gasteiger partial charge in [-0.3, -0.25) is 9.36 Å². The average molecular weight is 339 g/mol. The molecule has 1 saturated heterocycles. The van der Waals surface area contributed by atoms with E-state index in [0.29, 0.717) is 0 Å². The number of carboxylic acids is 1. The number of aliphatic hydroxyl groups excluding tert-OH is 3. The molecular weight excluding hydrogens is 326 g/mol. The van der Waals surface area contributed by atoms with Crippen LogP contribution in [0.25, 0.3) is 11.2 Å². The third-order valence-corrected chi connectivity index (χ3v) is 3.68. The number of nitrogens with two attached hydrogens (primary N) is 1. The summed E-state index contributed by atoms with van der Waals surface area (Å²) in [6, 6.07) is 0. The third kappa shape index (κ3) is 2.28. The van der Waals surface area contributed by atoms with E-state index in [2.05, 4.69) is 15.0 Å². The molecule has 1 aliphatic rings. The molecule has 12 nitrogen and oxygen atoms in total. The summed E-state index contributed by atoms with van der Waals surface area (Å²) in [5.41, 5.74) is 3.31. The first-order valence-electron chi connectivity index (χ1n) is 6.75. The van der Waals surface area contributed by atoms with Gasteiger partial charge in [-0.25, -0.2) is 19.7 Å². The monoisotopic (exact) mass is 339 g/mol. The quantitative estimate of drug-likeness (QED) is 0.384. The number of aromatic nitrogens is 4. The fourth-order valence-electron chi connectivity index (χ4n) is 2.50. The predicted octanol–water partition coefficient (Wildman–Crippen LogP) is -2.92. The van der Waals surface area contributed by atoms with E-state index in [1.807, 2.05) is 0 Å². The maximum absolute atomic E-state index is 12.5. The Morgan fingerprint density at radius 1 is 1.33 bits per heavy atom. The van der Waals surface area contributed by atoms with Crippen LogP contribution in [-0.2, 0) is 4.74 Å². The summed E-state index contributed by atoms with van der Waals surface area (Å²) in [6.45, 7) is -0.616. The van der Waals surface area contributed by atoms with E-state index in [9.17, 15) is 19.8 Å². The molecule has 2 aromatic heterocycles. The number of nitrogen functional groups attached to an aromatic ring is 1. The highest BCUT2D eigenvalue weighted by molar-refractivity contribution is 5.89. The van der Waals surface area contributed by atoms with Gasteiger partial charge >= 0.3 is 5.97 Å². The van der Waals surface area contributed by atoms with Crippen molar-refractivity contribution in [1.29, 1.82) is 0 Å². The van der Waals surface area contributed by atoms with Crippen LogP contribution in [0.3, 0.4) is 0 Å². The fourth-order valence-corrected chi connectivity index (χ4v) is 2.50. The molecule has 0 saturated carbocycles. The first-order valence-corrected chi connectivity index (χ1v) is 6.75. The number of anilines is 1. The second kappa shape index (κ2) is 5.76. The van der Waals surface area contributed by atoms with Crippen LogP contribution in [0.15, 0.2) is 11.1 Å². The molecule has 4 unspecified atom stereocenters. The smallest absolute Gasteiger partial charge is 0.360 e. The van der Waals surface area contributed by atoms with Gasteiger partial charge in [0.15, 0.2) is 17.7 Å². The first kappa shape index (κ1) is 16.2. The average Bonchev–Trinajstić information content (AvgIpc) is 2.82. The number of fused-ring (bicyclic) bond motifs is 1. The van der Waals surface area contributed by atoms with Crippen molar-refractivity contribution in [1.82, 2.24) is 19.5 Å². The molecule has 1 aliphatic heterocycles. The molecule has 0 amide bonds. The van der Waals surface area contributed by atoms with E-state index in [4.69, 9.17) is 20.7 Å². The molecule has 3 heterocycles. The van der Waals surface area contributed by atoms with Crippen LogP contribution < -0.4 is 11.3 Å². The number of hydrogen-bond acceptors (Lipinski definition) is 10. The third-order valence-electron chi connectivity index (χ3n) is 3.68. The summed E-state index contributed by atoms with van der Waals surface area (Å²) >= 11 is 0. The summed E-state index contributed by atoms with van der Waals surface area (Å²) in [6.07, 6.45) is -4.71. The van der Waals surface area contributed by atoms with Crippen LogP contribution in [0, 0.1) is 0 Å². The van der Waals surface area contributed by atoms with Gasteiger partial charge < -0.3 is 30.9 Å². The number of hydrogen-bond donors (Lipinski definition) is 5. The molecule has 0 radical (unpaired) electrons. The van der Waals surface area contributed by atoms with Crippen molar-refractivity contribution in [3.63, 3.8) is 0 Å². The Labute approximate surface area is 132 Å². The van der Waals surface area contributed by atoms with Crippen molar-refractivity contribution in [2.45, 2.75) is 24.5 Å². The van der Waals surface area contributed by atoms with Gasteiger partial charge in [-0.05, 0) is 0 Å². The zero-order valence-corrected chi connectivity index (χ0v) is 12.0. The van der Waals surface area contributed by atoms with Crippen molar-refractivity contribution < 1.29 is 30.0 Å². The maximum atomic E-state index is 12.5. The standard InChI is InChI=1S/C12H13N5O7/c13-8-4-9(15-2-14-8)17(10(21)5(16-4)12(22)23)11-7(20)6(19)3(1-18)24-11/h2-3,6-7,11,18-20H,1H2,(H,22,23)(H2,13,14,15). The molecule has 0 aromatic carbocycles. The van der Waals surface area contributed by atoms with E-state index in [1.54, 1.807) is 0 Å². The van der Waals surface area contributed by atoms with Crippen LogP contribution in [0.5, 0.6) is 0 Å². The van der Waals surface area contributed by atoms with Gasteiger partial charge in [0.2, 0.25) is 5.69 Å². The highest BCUT2D eigenvalue weighted by Crippen LogP contribution is 2.30. The molecule has 1 fully saturated rings. The first-order chi connectivity index (χ1) is 11.4. The Balaban J connectivity index is 2.31. The summed E-state index contributed by atoms with van der Waals surface area (Å²) in [5.74, 6) is -1.80. The van der Waals surface area contributed by atoms with Gasteiger partial charge in [0.1, 0.15) is 30.2 Å². The largest absolute Gasteiger partial charge is 0.476 e. The molecule has 0 spiro atoms. The maximum Gasteiger partial charge on any atom is 0.360 e. The van der Waals surface area contributed by atoms with Crippen molar-refractivity contribution >= 4 is 23.0 Å². The molecule has 128 valence electrons. The second-order valence-corrected chi connectivity index (χ2v) is 5.10. The Bertz CT molecular complexity index is 869. The Morgan fingerprint density at radius 3 is 2.62 bits per heavy atom. The lowest BCUT2D eigenvalue weighted by Gasteiger charge is -2.19. The van der Waals surface area contributed by atoms with E-state index >= 15 is 0 Å². The van der Waals surface area contributed by atoms with Crippen LogP contribution in [0.2, 0.25) is 0 Å². The zero-order chi connectivity index (χ0) is 17.6. The molecule has 3 rings (SSSR count). The Morgan fingerprint density at radius 2 is 2.04 bits per heavy atom. The number of carbonyl (C=O) groups is 1. The number of ether oxygens (including phenoxy) is 1. The summed E-state index contributed by atoms with van der Waals surface area (Å²) in [4.78, 5) is 34.9. The second-order valence-electron chi connectivity index (χ2n) is 5.10. The molecule has 4 atom stereocenters. The molecular formula is C12H13N5O7. The van der Waals surface area contributed by atoms with Crippen LogP contribution >= 0.6 is 0 Å². The molecule has 0 bridgehead atoms. The van der Waals surface area contributed by atoms with E-state index in [0.717, 1.165) is 10.9 Å². The zero-order valence-electron chi connectivity index (χ0n) is 12.0. The van der Waals surface area contributed by atoms with Gasteiger partial charge in [0.05, 0.1) is 6.61 Å². The lowest BCUT2D eigenvalue weighted by molar-refractivity contribution is -0.0526. The number of nitrogens with zero attached hydrogens (tertiary/aromatic N) is 4. The van der Waals surface area contributed by atoms with Crippen molar-refractivity contribution in [3.8, 4) is 0 Å². The highest BCUT2D eigenvalue weighted by atomic mass is 16.6. The fraction of sp³-hybridized carbons (Fsp3) is 0.417. The number of rotatable bonds is 3. The SMILES string of the molecule is Nc1ncnc2c1nc(C(=O)O)c(=O)n2C1OC(CO)C(O)C1O. The number of aromatic carboxylic acids is 1. The topological polar surface area (TPSA) is 194 Å². The van der Waals surface area contributed by atoms with Crippen molar-refractivity contribution in [2.75, 3.05) is 12.3 Å². The van der Waals surface area contributed by atoms with Crippen LogP contribution in [0.1, 0.15) is 16.7 Å². The molecule has 24 heavy (non-hydrogen) atoms. The minimum atomic E-state index is -1.62. The van der Waals surface area contributed by atoms with Gasteiger partial charge in [-0.1, -0.05) is 0 Å². The molecule has 12 heteroatoms. The Hall–Kier alpha value is -2.67. The summed E-state index contributed by atoms with van der Waals surface area (Å²) < 4.78 is 6.01. The van der Waals surface area contributed by atoms with Crippen LogP contribution in [-0.4, -0.2) is 70.8 Å². The Kier molecular flexibility index (Phi) is 3.88. The summed E-state index contributed by atoms with van der Waals surface area (Å²) in [7, 11) is 0. The number of carboxylic acid groups (broad SMARTS) is 1. The van der Waals surface area contributed by atoms with Gasteiger partial charge in [-0.2, -0.15) is 0 Å². The van der Waals surface area contributed by atoms with E-state index in [1.165, 1.54) is 0 Å². The van der Waals surface area contributed by atoms with Crippen LogP contribution in [0.4, 0.5) is 5.82 Å². The predicted molar refractivity (Wildman–Crippen MR) is 76.0 cm³/mol. The number of aliphatic hydroxyl groups is 3. The lowest BCUT2D eigenvalue weighted by atomic mass is 10.1. The van der Waals surface area contributed by atoms with Crippen molar-refractivity contribution in [2.24, 2.45) is 0 Å². The van der Waals surface area contributed by atoms with Gasteiger partial charge in [-0.15, -0.1) is 0 Å². The molecule has 0 aliphatic carbocycles. The highest BCUT2D eigenvalue weighted by Gasteiger charge is 2.45. The van der Waals surface area contributed by atoms with Crippen molar-refractivity contribution in [3.05, 3.63) is 22.4 Å². The minimum Gasteiger partial charge on any atom is -0.476 e. The van der Waals surface area contributed by atoms with Gasteiger partial charge in [0, 0.05) is 0 Å². The summed E-state index contributed by atoms with van der Waals surface area (Å²) in [5, 5.41) is 38.3. The lowest BCUT2D eigenvalue weighted by Crippen LogP contribution is -2.38. The minimum absolute atomic E-state index is 0.174. The van der Waals surface area contributed by atoms with E-state index < -0.39 is 48.4 Å². The normalized spacial score (nSPS) is 26.8.